The summed E-state index contributed by atoms with van der Waals surface area (Å²) < 4.78 is 30.5. The summed E-state index contributed by atoms with van der Waals surface area (Å²) in [6.45, 7) is -0.136. The first-order valence-corrected chi connectivity index (χ1v) is 10.2. The van der Waals surface area contributed by atoms with Crippen LogP contribution in [0.5, 0.6) is 0 Å². The molecule has 5 rings (SSSR count). The van der Waals surface area contributed by atoms with Crippen molar-refractivity contribution in [3.8, 4) is 11.1 Å². The van der Waals surface area contributed by atoms with Crippen molar-refractivity contribution >= 4 is 39.4 Å². The average molecular weight is 466 g/mol. The van der Waals surface area contributed by atoms with E-state index in [1.807, 2.05) is 18.2 Å². The van der Waals surface area contributed by atoms with Crippen LogP contribution in [-0.2, 0) is 6.54 Å². The van der Waals surface area contributed by atoms with E-state index in [0.717, 1.165) is 11.5 Å². The monoisotopic (exact) mass is 465 g/mol. The first-order valence-electron chi connectivity index (χ1n) is 9.82. The van der Waals surface area contributed by atoms with Gasteiger partial charge in [-0.05, 0) is 30.3 Å². The van der Waals surface area contributed by atoms with Gasteiger partial charge in [0.1, 0.15) is 22.5 Å². The minimum atomic E-state index is -1.41. The summed E-state index contributed by atoms with van der Waals surface area (Å²) in [5.41, 5.74) is -0.0757. The number of carboxylic acid groups (broad SMARTS) is 1. The zero-order chi connectivity index (χ0) is 23.3. The summed E-state index contributed by atoms with van der Waals surface area (Å²) in [7, 11) is 0. The van der Waals surface area contributed by atoms with Gasteiger partial charge in [-0.15, -0.1) is 0 Å². The molecule has 0 fully saturated rings. The minimum Gasteiger partial charge on any atom is -0.477 e. The van der Waals surface area contributed by atoms with E-state index >= 15 is 4.39 Å². The third-order valence-electron chi connectivity index (χ3n) is 5.45. The zero-order valence-electron chi connectivity index (χ0n) is 16.8. The van der Waals surface area contributed by atoms with Gasteiger partial charge in [0.05, 0.1) is 23.1 Å². The summed E-state index contributed by atoms with van der Waals surface area (Å²) in [6, 6.07) is 13.5. The molecule has 9 heteroatoms. The summed E-state index contributed by atoms with van der Waals surface area (Å²) in [5.74, 6) is -3.27. The molecule has 0 bridgehead atoms. The van der Waals surface area contributed by atoms with Gasteiger partial charge in [0.15, 0.2) is 0 Å². The lowest BCUT2D eigenvalue weighted by atomic mass is 10.0. The van der Waals surface area contributed by atoms with Crippen molar-refractivity contribution in [3.63, 3.8) is 0 Å². The number of carboxylic acids is 1. The quantitative estimate of drug-likeness (QED) is 0.356. The number of pyridine rings is 2. The lowest BCUT2D eigenvalue weighted by Crippen LogP contribution is -2.14. The normalized spacial score (nSPS) is 11.4. The van der Waals surface area contributed by atoms with Crippen molar-refractivity contribution in [2.75, 3.05) is 0 Å². The highest BCUT2D eigenvalue weighted by molar-refractivity contribution is 6.30. The molecule has 0 unspecified atom stereocenters. The molecule has 0 aliphatic heterocycles. The van der Waals surface area contributed by atoms with Gasteiger partial charge < -0.3 is 14.7 Å². The number of halogens is 3. The van der Waals surface area contributed by atoms with Crippen LogP contribution in [0.1, 0.15) is 16.1 Å². The Balaban J connectivity index is 1.86. The van der Waals surface area contributed by atoms with E-state index in [4.69, 9.17) is 11.6 Å². The number of para-hydroxylation sites is 1. The van der Waals surface area contributed by atoms with Crippen LogP contribution < -0.4 is 5.56 Å². The molecule has 3 aromatic heterocycles. The molecule has 5 aromatic rings. The van der Waals surface area contributed by atoms with E-state index in [9.17, 15) is 19.1 Å². The van der Waals surface area contributed by atoms with Gasteiger partial charge in [-0.2, -0.15) is 0 Å². The van der Waals surface area contributed by atoms with Gasteiger partial charge in [-0.3, -0.25) is 4.79 Å². The molecule has 33 heavy (non-hydrogen) atoms. The molecule has 0 radical (unpaired) electrons. The maximum Gasteiger partial charge on any atom is 0.353 e. The van der Waals surface area contributed by atoms with Crippen molar-refractivity contribution in [1.29, 1.82) is 0 Å². The number of carbonyl (C=O) groups is 1. The number of hydrogen-bond acceptors (Lipinski definition) is 3. The fourth-order valence-corrected chi connectivity index (χ4v) is 4.28. The Hall–Kier alpha value is -4.04. The van der Waals surface area contributed by atoms with Gasteiger partial charge in [0.2, 0.25) is 0 Å². The Morgan fingerprint density at radius 2 is 1.91 bits per heavy atom. The number of aromatic nitrogens is 3. The predicted molar refractivity (Wildman–Crippen MR) is 121 cm³/mol. The molecule has 0 saturated carbocycles. The molecule has 0 aliphatic rings. The number of rotatable bonds is 4. The van der Waals surface area contributed by atoms with Crippen molar-refractivity contribution < 1.29 is 18.7 Å². The van der Waals surface area contributed by atoms with E-state index < -0.39 is 23.2 Å². The first-order chi connectivity index (χ1) is 15.8. The van der Waals surface area contributed by atoms with Crippen LogP contribution >= 0.6 is 11.6 Å². The van der Waals surface area contributed by atoms with Crippen LogP contribution in [0.2, 0.25) is 5.15 Å². The Morgan fingerprint density at radius 3 is 2.67 bits per heavy atom. The third kappa shape index (κ3) is 3.44. The van der Waals surface area contributed by atoms with E-state index in [2.05, 4.69) is 9.97 Å². The molecule has 0 aliphatic carbocycles. The topological polar surface area (TPSA) is 88.0 Å². The fourth-order valence-electron chi connectivity index (χ4n) is 4.08. The number of benzene rings is 2. The van der Waals surface area contributed by atoms with E-state index in [0.29, 0.717) is 17.1 Å². The number of hydrogen-bond donors (Lipinski definition) is 2. The number of aromatic carboxylic acids is 1. The molecule has 164 valence electrons. The molecule has 0 saturated heterocycles. The highest BCUT2D eigenvalue weighted by Gasteiger charge is 2.28. The summed E-state index contributed by atoms with van der Waals surface area (Å²) in [5, 5.41) is 10.8. The molecule has 6 nitrogen and oxygen atoms in total. The van der Waals surface area contributed by atoms with Crippen molar-refractivity contribution in [2.24, 2.45) is 0 Å². The van der Waals surface area contributed by atoms with Crippen LogP contribution in [-0.4, -0.2) is 25.6 Å². The SMILES string of the molecule is O=C(O)c1c(-c2ccc[nH]c2=O)c2c(F)cc(F)cc2n1Cc1cc2ccccc2nc1Cl. The Kier molecular flexibility index (Phi) is 4.94. The second-order valence-electron chi connectivity index (χ2n) is 7.44. The van der Waals surface area contributed by atoms with Gasteiger partial charge in [0, 0.05) is 34.2 Å². The number of fused-ring (bicyclic) bond motifs is 2. The number of nitrogens with one attached hydrogen (secondary N) is 1. The van der Waals surface area contributed by atoms with Gasteiger partial charge in [-0.1, -0.05) is 29.8 Å². The first kappa shape index (κ1) is 20.8. The van der Waals surface area contributed by atoms with Crippen LogP contribution in [0.3, 0.4) is 0 Å². The molecule has 0 amide bonds. The Bertz CT molecular complexity index is 1640. The third-order valence-corrected chi connectivity index (χ3v) is 5.78. The van der Waals surface area contributed by atoms with E-state index in [1.165, 1.54) is 22.9 Å². The minimum absolute atomic E-state index is 0.0209. The van der Waals surface area contributed by atoms with Gasteiger partial charge in [-0.25, -0.2) is 18.6 Å². The van der Waals surface area contributed by atoms with Crippen molar-refractivity contribution in [2.45, 2.75) is 6.54 Å². The van der Waals surface area contributed by atoms with E-state index in [1.54, 1.807) is 12.1 Å². The molecule has 0 spiro atoms. The Labute approximate surface area is 189 Å². The Morgan fingerprint density at radius 1 is 1.12 bits per heavy atom. The molecule has 0 atom stereocenters. The molecular formula is C24H14ClF2N3O3. The molecule has 2 N–H and O–H groups in total. The fraction of sp³-hybridized carbons (Fsp3) is 0.0417. The lowest BCUT2D eigenvalue weighted by Gasteiger charge is -2.11. The van der Waals surface area contributed by atoms with Crippen molar-refractivity contribution in [1.82, 2.24) is 14.5 Å². The number of H-pyrrole nitrogens is 1. The van der Waals surface area contributed by atoms with Crippen LogP contribution in [0.25, 0.3) is 32.9 Å². The van der Waals surface area contributed by atoms with E-state index in [-0.39, 0.29) is 39.4 Å². The maximum absolute atomic E-state index is 15.0. The molecule has 2 aromatic carbocycles. The summed E-state index contributed by atoms with van der Waals surface area (Å²) in [4.78, 5) is 31.7. The van der Waals surface area contributed by atoms with Crippen LogP contribution in [0.4, 0.5) is 8.78 Å². The largest absolute Gasteiger partial charge is 0.477 e. The average Bonchev–Trinajstić information content (AvgIpc) is 3.09. The highest BCUT2D eigenvalue weighted by Crippen LogP contribution is 2.37. The lowest BCUT2D eigenvalue weighted by molar-refractivity contribution is 0.0687. The van der Waals surface area contributed by atoms with Crippen LogP contribution in [0.15, 0.2) is 65.6 Å². The van der Waals surface area contributed by atoms with Crippen LogP contribution in [0, 0.1) is 11.6 Å². The highest BCUT2D eigenvalue weighted by atomic mass is 35.5. The second-order valence-corrected chi connectivity index (χ2v) is 7.80. The summed E-state index contributed by atoms with van der Waals surface area (Å²) >= 11 is 6.37. The van der Waals surface area contributed by atoms with Gasteiger partial charge >= 0.3 is 5.97 Å². The summed E-state index contributed by atoms with van der Waals surface area (Å²) in [6.07, 6.45) is 1.38. The standard InChI is InChI=1S/C24H14ClF2N3O3/c25-22-13(8-12-4-1-2-6-17(12)29-22)11-30-18-10-14(26)9-16(27)20(18)19(21(30)24(32)33)15-5-3-7-28-23(15)31/h1-10H,11H2,(H,28,31)(H,32,33). The maximum atomic E-state index is 15.0. The predicted octanol–water partition coefficient (Wildman–Crippen LogP) is 5.22. The zero-order valence-corrected chi connectivity index (χ0v) is 17.5. The second kappa shape index (κ2) is 7.83. The van der Waals surface area contributed by atoms with Gasteiger partial charge in [0.25, 0.3) is 5.56 Å². The van der Waals surface area contributed by atoms with Crippen molar-refractivity contribution in [3.05, 3.63) is 99.2 Å². The molecular weight excluding hydrogens is 452 g/mol. The smallest absolute Gasteiger partial charge is 0.353 e. The molecule has 3 heterocycles. The number of aromatic amines is 1. The number of nitrogens with zero attached hydrogens (tertiary/aromatic N) is 2.